The zero-order valence-corrected chi connectivity index (χ0v) is 22.1. The molecule has 194 valence electrons. The van der Waals surface area contributed by atoms with Crippen molar-refractivity contribution in [1.29, 1.82) is 0 Å². The Labute approximate surface area is 219 Å². The van der Waals surface area contributed by atoms with Crippen molar-refractivity contribution in [3.63, 3.8) is 0 Å². The van der Waals surface area contributed by atoms with Crippen LogP contribution >= 0.6 is 0 Å². The molecule has 0 atom stereocenters. The second kappa shape index (κ2) is 8.45. The number of aromatic nitrogens is 4. The smallest absolute Gasteiger partial charge is 0.230 e. The van der Waals surface area contributed by atoms with E-state index in [1.54, 1.807) is 0 Å². The Bertz CT molecular complexity index is 1330. The monoisotopic (exact) mass is 498 g/mol. The molecule has 4 aliphatic rings. The lowest BCUT2D eigenvalue weighted by Gasteiger charge is -2.48. The van der Waals surface area contributed by atoms with Gasteiger partial charge in [-0.3, -0.25) is 4.90 Å². The quantitative estimate of drug-likeness (QED) is 0.532. The van der Waals surface area contributed by atoms with Crippen LogP contribution < -0.4 is 15.5 Å². The van der Waals surface area contributed by atoms with Gasteiger partial charge in [-0.15, -0.1) is 0 Å². The maximum atomic E-state index is 5.01. The fraction of sp³-hybridized carbons (Fsp3) is 0.552. The van der Waals surface area contributed by atoms with Crippen molar-refractivity contribution in [3.8, 4) is 0 Å². The van der Waals surface area contributed by atoms with Gasteiger partial charge in [0.1, 0.15) is 11.5 Å². The van der Waals surface area contributed by atoms with Crippen molar-refractivity contribution in [1.82, 2.24) is 29.7 Å². The summed E-state index contributed by atoms with van der Waals surface area (Å²) >= 11 is 0. The largest absolute Gasteiger partial charge is 0.381 e. The topological polar surface area (TPSA) is 74.1 Å². The van der Waals surface area contributed by atoms with E-state index in [4.69, 9.17) is 9.97 Å². The molecule has 0 amide bonds. The Morgan fingerprint density at radius 2 is 1.89 bits per heavy atom. The molecule has 3 fully saturated rings. The van der Waals surface area contributed by atoms with Gasteiger partial charge >= 0.3 is 0 Å². The summed E-state index contributed by atoms with van der Waals surface area (Å²) in [5.74, 6) is 1.35. The third-order valence-electron chi connectivity index (χ3n) is 9.05. The second-order valence-corrected chi connectivity index (χ2v) is 12.1. The van der Waals surface area contributed by atoms with Gasteiger partial charge < -0.3 is 20.1 Å². The third kappa shape index (κ3) is 3.97. The highest BCUT2D eigenvalue weighted by molar-refractivity contribution is 5.84. The summed E-state index contributed by atoms with van der Waals surface area (Å²) in [5.41, 5.74) is 4.54. The van der Waals surface area contributed by atoms with Gasteiger partial charge in [0.15, 0.2) is 0 Å². The van der Waals surface area contributed by atoms with E-state index in [0.717, 1.165) is 60.5 Å². The predicted octanol–water partition coefficient (Wildman–Crippen LogP) is 4.87. The van der Waals surface area contributed by atoms with Crippen molar-refractivity contribution >= 4 is 34.2 Å². The fourth-order valence-electron chi connectivity index (χ4n) is 7.02. The van der Waals surface area contributed by atoms with Crippen LogP contribution in [0.25, 0.3) is 16.7 Å². The molecule has 2 aliphatic heterocycles. The van der Waals surface area contributed by atoms with Crippen molar-refractivity contribution in [2.24, 2.45) is 0 Å². The highest BCUT2D eigenvalue weighted by Crippen LogP contribution is 2.42. The minimum atomic E-state index is 0.0688. The molecular formula is C29H38N8. The maximum absolute atomic E-state index is 5.01. The SMILES string of the molecule is C=C1NCC2(CCCCC2)n2c1cc1cnc(Nc3ccc(N4CCN(C5CC5)C(C)(C)C4)cn3)nc12. The molecule has 0 bridgehead atoms. The van der Waals surface area contributed by atoms with E-state index < -0.39 is 0 Å². The number of nitrogens with one attached hydrogen (secondary N) is 2. The lowest BCUT2D eigenvalue weighted by atomic mass is 9.80. The molecule has 2 saturated carbocycles. The molecule has 3 aromatic rings. The number of rotatable bonds is 4. The number of piperazine rings is 1. The highest BCUT2D eigenvalue weighted by Gasteiger charge is 2.42. The fourth-order valence-corrected chi connectivity index (χ4v) is 7.02. The molecule has 8 nitrogen and oxygen atoms in total. The average Bonchev–Trinajstić information content (AvgIpc) is 3.65. The lowest BCUT2D eigenvalue weighted by molar-refractivity contribution is 0.0957. The van der Waals surface area contributed by atoms with Crippen molar-refractivity contribution < 1.29 is 0 Å². The standard InChI is InChI=1S/C29H38N8/c1-20-24-15-21-16-31-27(34-26(21)37(24)29(18-32-20)11-5-4-6-12-29)33-25-10-9-23(17-30-25)35-13-14-36(22-7-8-22)28(2,3)19-35/h9-10,15-17,22,32H,1,4-8,11-14,18-19H2,2-3H3,(H,30,31,33,34). The summed E-state index contributed by atoms with van der Waals surface area (Å²) in [7, 11) is 0. The Balaban J connectivity index is 1.13. The summed E-state index contributed by atoms with van der Waals surface area (Å²) in [4.78, 5) is 19.5. The highest BCUT2D eigenvalue weighted by atomic mass is 15.3. The van der Waals surface area contributed by atoms with E-state index in [2.05, 4.69) is 62.5 Å². The van der Waals surface area contributed by atoms with E-state index in [-0.39, 0.29) is 11.1 Å². The molecule has 5 heterocycles. The van der Waals surface area contributed by atoms with Crippen LogP contribution in [-0.2, 0) is 5.54 Å². The molecule has 7 rings (SSSR count). The molecule has 0 aromatic carbocycles. The molecule has 2 aliphatic carbocycles. The number of anilines is 3. The number of nitrogens with zero attached hydrogens (tertiary/aromatic N) is 6. The molecule has 1 saturated heterocycles. The van der Waals surface area contributed by atoms with Crippen LogP contribution in [0, 0.1) is 0 Å². The Hall–Kier alpha value is -3.13. The van der Waals surface area contributed by atoms with E-state index in [1.807, 2.05) is 18.5 Å². The Kier molecular flexibility index (Phi) is 5.26. The first-order chi connectivity index (χ1) is 17.9. The molecule has 1 spiro atoms. The zero-order chi connectivity index (χ0) is 25.2. The summed E-state index contributed by atoms with van der Waals surface area (Å²) in [6, 6.07) is 7.20. The molecule has 0 unspecified atom stereocenters. The van der Waals surface area contributed by atoms with Gasteiger partial charge in [-0.25, -0.2) is 9.97 Å². The van der Waals surface area contributed by atoms with Gasteiger partial charge in [0.2, 0.25) is 5.95 Å². The third-order valence-corrected chi connectivity index (χ3v) is 9.05. The van der Waals surface area contributed by atoms with Gasteiger partial charge in [0.05, 0.1) is 28.8 Å². The minimum absolute atomic E-state index is 0.0688. The second-order valence-electron chi connectivity index (χ2n) is 12.1. The maximum Gasteiger partial charge on any atom is 0.230 e. The van der Waals surface area contributed by atoms with Gasteiger partial charge in [-0.1, -0.05) is 25.8 Å². The molecule has 0 radical (unpaired) electrons. The van der Waals surface area contributed by atoms with Crippen LogP contribution in [0.15, 0.2) is 37.2 Å². The van der Waals surface area contributed by atoms with Gasteiger partial charge in [0.25, 0.3) is 0 Å². The van der Waals surface area contributed by atoms with E-state index >= 15 is 0 Å². The average molecular weight is 499 g/mol. The number of hydrogen-bond donors (Lipinski definition) is 2. The van der Waals surface area contributed by atoms with Gasteiger partial charge in [-0.2, -0.15) is 4.98 Å². The van der Waals surface area contributed by atoms with Crippen molar-refractivity contribution in [2.75, 3.05) is 36.4 Å². The lowest BCUT2D eigenvalue weighted by Crippen LogP contribution is -2.60. The number of fused-ring (bicyclic) bond motifs is 4. The van der Waals surface area contributed by atoms with Crippen LogP contribution in [0.2, 0.25) is 0 Å². The van der Waals surface area contributed by atoms with Crippen molar-refractivity contribution in [3.05, 3.63) is 42.9 Å². The first-order valence-corrected chi connectivity index (χ1v) is 14.0. The minimum Gasteiger partial charge on any atom is -0.381 e. The van der Waals surface area contributed by atoms with Gasteiger partial charge in [-0.05, 0) is 57.7 Å². The number of pyridine rings is 1. The van der Waals surface area contributed by atoms with E-state index in [1.165, 1.54) is 50.6 Å². The Morgan fingerprint density at radius 1 is 1.05 bits per heavy atom. The van der Waals surface area contributed by atoms with Crippen LogP contribution in [0.3, 0.4) is 0 Å². The van der Waals surface area contributed by atoms with E-state index in [0.29, 0.717) is 5.95 Å². The van der Waals surface area contributed by atoms with Crippen LogP contribution in [0.5, 0.6) is 0 Å². The summed E-state index contributed by atoms with van der Waals surface area (Å²) in [6.45, 7) is 13.1. The number of hydrogen-bond acceptors (Lipinski definition) is 7. The zero-order valence-electron chi connectivity index (χ0n) is 22.1. The molecule has 8 heteroatoms. The molecule has 3 aromatic heterocycles. The molecule has 37 heavy (non-hydrogen) atoms. The molecular weight excluding hydrogens is 460 g/mol. The van der Waals surface area contributed by atoms with E-state index in [9.17, 15) is 0 Å². The first-order valence-electron chi connectivity index (χ1n) is 14.0. The van der Waals surface area contributed by atoms with Crippen LogP contribution in [0.4, 0.5) is 17.5 Å². The van der Waals surface area contributed by atoms with Gasteiger partial charge in [0, 0.05) is 49.3 Å². The molecule has 2 N–H and O–H groups in total. The predicted molar refractivity (Wildman–Crippen MR) is 149 cm³/mol. The first kappa shape index (κ1) is 23.0. The van der Waals surface area contributed by atoms with Crippen LogP contribution in [-0.4, -0.2) is 62.2 Å². The Morgan fingerprint density at radius 3 is 2.62 bits per heavy atom. The summed E-state index contributed by atoms with van der Waals surface area (Å²) in [5, 5.41) is 7.99. The summed E-state index contributed by atoms with van der Waals surface area (Å²) in [6.07, 6.45) is 12.8. The van der Waals surface area contributed by atoms with Crippen LogP contribution in [0.1, 0.15) is 64.5 Å². The normalized spacial score (nSPS) is 23.2. The summed E-state index contributed by atoms with van der Waals surface area (Å²) < 4.78 is 2.45. The van der Waals surface area contributed by atoms with Crippen molar-refractivity contribution in [2.45, 2.75) is 75.9 Å².